The maximum Gasteiger partial charge on any atom is 0.120 e. The van der Waals surface area contributed by atoms with E-state index in [1.807, 2.05) is 6.07 Å². The molecule has 26 heavy (non-hydrogen) atoms. The molecule has 0 bridgehead atoms. The van der Waals surface area contributed by atoms with E-state index in [0.29, 0.717) is 0 Å². The van der Waals surface area contributed by atoms with Crippen LogP contribution in [0.5, 0.6) is 5.75 Å². The second-order valence-corrected chi connectivity index (χ2v) is 7.23. The molecule has 130 valence electrons. The summed E-state index contributed by atoms with van der Waals surface area (Å²) in [7, 11) is 1.72. The number of hydrogen-bond donors (Lipinski definition) is 0. The summed E-state index contributed by atoms with van der Waals surface area (Å²) in [5, 5.41) is 0. The van der Waals surface area contributed by atoms with Gasteiger partial charge < -0.3 is 9.64 Å². The van der Waals surface area contributed by atoms with Gasteiger partial charge in [0, 0.05) is 28.5 Å². The maximum atomic E-state index is 5.53. The van der Waals surface area contributed by atoms with Crippen molar-refractivity contribution in [2.45, 2.75) is 6.92 Å². The Morgan fingerprint density at radius 3 is 2.27 bits per heavy atom. The van der Waals surface area contributed by atoms with E-state index in [1.165, 1.54) is 27.3 Å². The zero-order valence-corrected chi connectivity index (χ0v) is 16.0. The van der Waals surface area contributed by atoms with Crippen molar-refractivity contribution in [1.29, 1.82) is 0 Å². The van der Waals surface area contributed by atoms with Crippen molar-refractivity contribution >= 4 is 34.4 Å². The number of para-hydroxylation sites is 2. The number of fused-ring (bicyclic) bond motifs is 2. The van der Waals surface area contributed by atoms with Gasteiger partial charge in [0.15, 0.2) is 0 Å². The van der Waals surface area contributed by atoms with Crippen LogP contribution in [0.3, 0.4) is 0 Å². The fourth-order valence-corrected chi connectivity index (χ4v) is 3.95. The Hall–Kier alpha value is -2.65. The molecule has 0 N–H and O–H groups in total. The molecule has 0 fully saturated rings. The van der Waals surface area contributed by atoms with Gasteiger partial charge in [0.1, 0.15) is 5.75 Å². The molecular formula is C23H21NOS. The summed E-state index contributed by atoms with van der Waals surface area (Å²) in [6.07, 6.45) is 2.14. The summed E-state index contributed by atoms with van der Waals surface area (Å²) in [5.74, 6) is 0.866. The molecule has 2 nitrogen and oxygen atoms in total. The highest BCUT2D eigenvalue weighted by molar-refractivity contribution is 8.02. The second-order valence-electron chi connectivity index (χ2n) is 6.21. The van der Waals surface area contributed by atoms with E-state index in [-0.39, 0.29) is 0 Å². The molecule has 0 unspecified atom stereocenters. The van der Waals surface area contributed by atoms with Gasteiger partial charge in [0.25, 0.3) is 0 Å². The molecule has 0 radical (unpaired) electrons. The van der Waals surface area contributed by atoms with Crippen molar-refractivity contribution in [2.24, 2.45) is 0 Å². The summed E-state index contributed by atoms with van der Waals surface area (Å²) >= 11 is 1.80. The Bertz CT molecular complexity index is 979. The Morgan fingerprint density at radius 2 is 1.54 bits per heavy atom. The van der Waals surface area contributed by atoms with E-state index in [0.717, 1.165) is 17.1 Å². The largest absolute Gasteiger partial charge is 0.497 e. The number of thioether (sulfide) groups is 1. The summed E-state index contributed by atoms with van der Waals surface area (Å²) in [5.41, 5.74) is 7.30. The number of allylic oxidation sites excluding steroid dienone is 1. The lowest BCUT2D eigenvalue weighted by molar-refractivity contribution is 0.415. The van der Waals surface area contributed by atoms with Crippen LogP contribution in [-0.4, -0.2) is 13.4 Å². The van der Waals surface area contributed by atoms with Crippen LogP contribution in [0.2, 0.25) is 0 Å². The average Bonchev–Trinajstić information content (AvgIpc) is 2.71. The van der Waals surface area contributed by atoms with Gasteiger partial charge >= 0.3 is 0 Å². The third-order valence-electron chi connectivity index (χ3n) is 4.80. The van der Waals surface area contributed by atoms with Crippen LogP contribution < -0.4 is 9.64 Å². The minimum absolute atomic E-state index is 0.866. The van der Waals surface area contributed by atoms with Crippen molar-refractivity contribution in [2.75, 3.05) is 18.3 Å². The van der Waals surface area contributed by atoms with Crippen LogP contribution in [0.4, 0.5) is 17.1 Å². The lowest BCUT2D eigenvalue weighted by atomic mass is 9.89. The topological polar surface area (TPSA) is 12.5 Å². The Labute approximate surface area is 159 Å². The standard InChI is InChI=1S/C23H21NOS/c1-16(26-3)23-19-11-7-8-12-21(19)24(17-9-5-4-6-10-17)22-15-18(25-2)13-14-20(22)23/h4-15H,1-3H3/b23-16-. The van der Waals surface area contributed by atoms with Crippen LogP contribution in [-0.2, 0) is 0 Å². The summed E-state index contributed by atoms with van der Waals surface area (Å²) in [6, 6.07) is 25.5. The van der Waals surface area contributed by atoms with Crippen LogP contribution in [0.25, 0.3) is 5.57 Å². The molecule has 1 heterocycles. The van der Waals surface area contributed by atoms with Crippen molar-refractivity contribution in [3.05, 3.63) is 88.8 Å². The molecule has 0 spiro atoms. The quantitative estimate of drug-likeness (QED) is 0.408. The molecule has 0 atom stereocenters. The summed E-state index contributed by atoms with van der Waals surface area (Å²) in [6.45, 7) is 2.20. The van der Waals surface area contributed by atoms with Crippen molar-refractivity contribution in [3.63, 3.8) is 0 Å². The highest BCUT2D eigenvalue weighted by Crippen LogP contribution is 2.51. The number of anilines is 3. The predicted molar refractivity (Wildman–Crippen MR) is 113 cm³/mol. The van der Waals surface area contributed by atoms with E-state index >= 15 is 0 Å². The number of hydrogen-bond acceptors (Lipinski definition) is 3. The van der Waals surface area contributed by atoms with Crippen molar-refractivity contribution in [3.8, 4) is 5.75 Å². The molecule has 0 saturated carbocycles. The van der Waals surface area contributed by atoms with Gasteiger partial charge in [-0.05, 0) is 48.4 Å². The number of rotatable bonds is 3. The number of nitrogens with zero attached hydrogens (tertiary/aromatic N) is 1. The van der Waals surface area contributed by atoms with Crippen LogP contribution >= 0.6 is 11.8 Å². The Morgan fingerprint density at radius 1 is 0.846 bits per heavy atom. The normalized spacial score (nSPS) is 14.5. The lowest BCUT2D eigenvalue weighted by Crippen LogP contribution is -2.18. The number of ether oxygens (including phenoxy) is 1. The average molecular weight is 359 g/mol. The molecule has 4 rings (SSSR count). The number of benzene rings is 3. The summed E-state index contributed by atoms with van der Waals surface area (Å²) < 4.78 is 5.53. The third-order valence-corrected chi connectivity index (χ3v) is 5.62. The predicted octanol–water partition coefficient (Wildman–Crippen LogP) is 6.62. The SMILES string of the molecule is COc1ccc2c(c1)N(c1ccccc1)c1ccccc1/C2=C(\C)SC. The molecule has 3 heteroatoms. The number of methoxy groups -OCH3 is 1. The van der Waals surface area contributed by atoms with E-state index in [9.17, 15) is 0 Å². The smallest absolute Gasteiger partial charge is 0.120 e. The van der Waals surface area contributed by atoms with Gasteiger partial charge in [-0.2, -0.15) is 0 Å². The van der Waals surface area contributed by atoms with Gasteiger partial charge in [-0.3, -0.25) is 0 Å². The van der Waals surface area contributed by atoms with Gasteiger partial charge in [-0.15, -0.1) is 11.8 Å². The Kier molecular flexibility index (Phi) is 4.48. The first-order valence-electron chi connectivity index (χ1n) is 8.62. The first-order chi connectivity index (χ1) is 12.7. The highest BCUT2D eigenvalue weighted by Gasteiger charge is 2.28. The first-order valence-corrected chi connectivity index (χ1v) is 9.85. The lowest BCUT2D eigenvalue weighted by Gasteiger charge is -2.35. The van der Waals surface area contributed by atoms with Crippen molar-refractivity contribution < 1.29 is 4.74 Å². The van der Waals surface area contributed by atoms with E-state index in [1.54, 1.807) is 18.9 Å². The molecule has 0 aliphatic carbocycles. The van der Waals surface area contributed by atoms with Gasteiger partial charge in [-0.25, -0.2) is 0 Å². The molecule has 1 aliphatic heterocycles. The van der Waals surface area contributed by atoms with Gasteiger partial charge in [0.2, 0.25) is 0 Å². The van der Waals surface area contributed by atoms with Crippen LogP contribution in [0.1, 0.15) is 18.1 Å². The fourth-order valence-electron chi connectivity index (χ4n) is 3.53. The molecule has 3 aromatic rings. The van der Waals surface area contributed by atoms with E-state index in [2.05, 4.69) is 84.8 Å². The molecule has 0 amide bonds. The van der Waals surface area contributed by atoms with E-state index in [4.69, 9.17) is 4.74 Å². The second kappa shape index (κ2) is 6.93. The molecule has 1 aliphatic rings. The first kappa shape index (κ1) is 16.8. The summed E-state index contributed by atoms with van der Waals surface area (Å²) in [4.78, 5) is 3.64. The highest BCUT2D eigenvalue weighted by atomic mass is 32.2. The third kappa shape index (κ3) is 2.69. The molecule has 3 aromatic carbocycles. The zero-order valence-electron chi connectivity index (χ0n) is 15.2. The minimum Gasteiger partial charge on any atom is -0.497 e. The van der Waals surface area contributed by atoms with Crippen molar-refractivity contribution in [1.82, 2.24) is 0 Å². The maximum absolute atomic E-state index is 5.53. The van der Waals surface area contributed by atoms with Gasteiger partial charge in [0.05, 0.1) is 18.5 Å². The molecular weight excluding hydrogens is 338 g/mol. The fraction of sp³-hybridized carbons (Fsp3) is 0.130. The molecule has 0 aromatic heterocycles. The van der Waals surface area contributed by atoms with Crippen LogP contribution in [0.15, 0.2) is 77.7 Å². The van der Waals surface area contributed by atoms with Gasteiger partial charge in [-0.1, -0.05) is 36.4 Å². The Balaban J connectivity index is 2.07. The minimum atomic E-state index is 0.866. The van der Waals surface area contributed by atoms with E-state index < -0.39 is 0 Å². The monoisotopic (exact) mass is 359 g/mol. The van der Waals surface area contributed by atoms with Crippen LogP contribution in [0, 0.1) is 0 Å². The molecule has 0 saturated heterocycles. The zero-order chi connectivity index (χ0) is 18.1.